The number of nitrogens with zero attached hydrogens (tertiary/aromatic N) is 4. The lowest BCUT2D eigenvalue weighted by Gasteiger charge is -2.06. The first-order chi connectivity index (χ1) is 6.61. The van der Waals surface area contributed by atoms with Crippen molar-refractivity contribution in [1.29, 1.82) is 0 Å². The van der Waals surface area contributed by atoms with Crippen molar-refractivity contribution in [1.82, 2.24) is 24.1 Å². The van der Waals surface area contributed by atoms with E-state index in [1.54, 1.807) is 13.8 Å². The van der Waals surface area contributed by atoms with Crippen molar-refractivity contribution in [2.24, 2.45) is 0 Å². The lowest BCUT2D eigenvalue weighted by molar-refractivity contribution is 0.517. The molecule has 0 spiro atoms. The Labute approximate surface area is 78.0 Å². The lowest BCUT2D eigenvalue weighted by Crippen LogP contribution is -2.40. The molecule has 2 rings (SSSR count). The Morgan fingerprint density at radius 1 is 1.43 bits per heavy atom. The second-order valence-electron chi connectivity index (χ2n) is 3.17. The first kappa shape index (κ1) is 8.67. The molecule has 0 saturated heterocycles. The largest absolute Gasteiger partial charge is 0.356 e. The summed E-state index contributed by atoms with van der Waals surface area (Å²) in [6.45, 7) is 3.50. The topological polar surface area (TPSA) is 85.1 Å². The smallest absolute Gasteiger partial charge is 0.275 e. The standard InChI is InChI=1S/C7H9N5O2/c1-4(2)11-6(13)10-5-8-3-9-12(5)7(11)14/h3-4H,1-2H3,(H,8,9,10,13). The minimum atomic E-state index is -0.476. The first-order valence-electron chi connectivity index (χ1n) is 4.16. The highest BCUT2D eigenvalue weighted by molar-refractivity contribution is 5.20. The molecule has 0 aliphatic carbocycles. The van der Waals surface area contributed by atoms with Crippen LogP contribution in [0.5, 0.6) is 0 Å². The van der Waals surface area contributed by atoms with E-state index in [-0.39, 0.29) is 11.8 Å². The van der Waals surface area contributed by atoms with Crippen molar-refractivity contribution >= 4 is 5.78 Å². The second kappa shape index (κ2) is 2.79. The van der Waals surface area contributed by atoms with E-state index in [9.17, 15) is 9.59 Å². The third kappa shape index (κ3) is 1.05. The van der Waals surface area contributed by atoms with Crippen LogP contribution in [-0.4, -0.2) is 24.1 Å². The van der Waals surface area contributed by atoms with E-state index in [2.05, 4.69) is 15.1 Å². The van der Waals surface area contributed by atoms with Crippen LogP contribution >= 0.6 is 0 Å². The molecular formula is C7H9N5O2. The molecule has 0 aromatic carbocycles. The summed E-state index contributed by atoms with van der Waals surface area (Å²) in [6, 6.07) is -0.208. The molecule has 0 bridgehead atoms. The van der Waals surface area contributed by atoms with Gasteiger partial charge in [0.2, 0.25) is 5.78 Å². The third-order valence-electron chi connectivity index (χ3n) is 1.89. The van der Waals surface area contributed by atoms with Crippen LogP contribution in [0.15, 0.2) is 15.9 Å². The fraction of sp³-hybridized carbons (Fsp3) is 0.429. The van der Waals surface area contributed by atoms with E-state index in [0.717, 1.165) is 9.08 Å². The van der Waals surface area contributed by atoms with E-state index >= 15 is 0 Å². The average Bonchev–Trinajstić information content (AvgIpc) is 2.50. The first-order valence-corrected chi connectivity index (χ1v) is 4.16. The quantitative estimate of drug-likeness (QED) is 0.643. The summed E-state index contributed by atoms with van der Waals surface area (Å²) in [6.07, 6.45) is 1.22. The average molecular weight is 195 g/mol. The molecule has 7 nitrogen and oxygen atoms in total. The maximum Gasteiger partial charge on any atom is 0.356 e. The van der Waals surface area contributed by atoms with Crippen LogP contribution in [0, 0.1) is 0 Å². The number of aromatic nitrogens is 5. The van der Waals surface area contributed by atoms with Gasteiger partial charge in [-0.3, -0.25) is 4.98 Å². The molecule has 0 unspecified atom stereocenters. The normalized spacial score (nSPS) is 11.4. The Kier molecular flexibility index (Phi) is 1.73. The Morgan fingerprint density at radius 3 is 2.79 bits per heavy atom. The van der Waals surface area contributed by atoms with Crippen LogP contribution < -0.4 is 11.4 Å². The Bertz CT molecular complexity index is 576. The number of aromatic amines is 1. The summed E-state index contributed by atoms with van der Waals surface area (Å²) in [5, 5.41) is 3.70. The van der Waals surface area contributed by atoms with Crippen LogP contribution in [-0.2, 0) is 0 Å². The SMILES string of the molecule is CC(C)n1c(=O)[nH]c2ncnn2c1=O. The van der Waals surface area contributed by atoms with Gasteiger partial charge in [-0.2, -0.15) is 4.98 Å². The van der Waals surface area contributed by atoms with Crippen LogP contribution in [0.2, 0.25) is 0 Å². The molecular weight excluding hydrogens is 186 g/mol. The molecule has 0 aliphatic rings. The van der Waals surface area contributed by atoms with Crippen molar-refractivity contribution in [3.63, 3.8) is 0 Å². The van der Waals surface area contributed by atoms with E-state index in [0.29, 0.717) is 0 Å². The van der Waals surface area contributed by atoms with Gasteiger partial charge in [0.15, 0.2) is 0 Å². The summed E-state index contributed by atoms with van der Waals surface area (Å²) in [5.41, 5.74) is -0.943. The third-order valence-corrected chi connectivity index (χ3v) is 1.89. The van der Waals surface area contributed by atoms with Crippen LogP contribution in [0.25, 0.3) is 5.78 Å². The van der Waals surface area contributed by atoms with E-state index in [1.807, 2.05) is 0 Å². The predicted molar refractivity (Wildman–Crippen MR) is 48.3 cm³/mol. The maximum absolute atomic E-state index is 11.7. The molecule has 0 atom stereocenters. The van der Waals surface area contributed by atoms with Crippen LogP contribution in [0.4, 0.5) is 0 Å². The highest BCUT2D eigenvalue weighted by atomic mass is 16.2. The summed E-state index contributed by atoms with van der Waals surface area (Å²) >= 11 is 0. The summed E-state index contributed by atoms with van der Waals surface area (Å²) < 4.78 is 2.14. The molecule has 0 fully saturated rings. The van der Waals surface area contributed by atoms with Gasteiger partial charge in [0, 0.05) is 6.04 Å². The van der Waals surface area contributed by atoms with Gasteiger partial charge in [-0.25, -0.2) is 14.2 Å². The van der Waals surface area contributed by atoms with Crippen LogP contribution in [0.1, 0.15) is 19.9 Å². The number of nitrogens with one attached hydrogen (secondary N) is 1. The molecule has 2 heterocycles. The van der Waals surface area contributed by atoms with Crippen molar-refractivity contribution in [2.45, 2.75) is 19.9 Å². The number of hydrogen-bond acceptors (Lipinski definition) is 4. The van der Waals surface area contributed by atoms with Crippen molar-refractivity contribution in [2.75, 3.05) is 0 Å². The highest BCUT2D eigenvalue weighted by Gasteiger charge is 2.10. The fourth-order valence-corrected chi connectivity index (χ4v) is 1.27. The molecule has 1 N–H and O–H groups in total. The number of rotatable bonds is 1. The molecule has 74 valence electrons. The van der Waals surface area contributed by atoms with E-state index < -0.39 is 11.4 Å². The Hall–Kier alpha value is -1.92. The second-order valence-corrected chi connectivity index (χ2v) is 3.17. The fourth-order valence-electron chi connectivity index (χ4n) is 1.27. The number of H-pyrrole nitrogens is 1. The Morgan fingerprint density at radius 2 is 2.14 bits per heavy atom. The lowest BCUT2D eigenvalue weighted by atomic mass is 10.4. The van der Waals surface area contributed by atoms with Gasteiger partial charge < -0.3 is 0 Å². The number of fused-ring (bicyclic) bond motifs is 1. The van der Waals surface area contributed by atoms with Gasteiger partial charge in [-0.05, 0) is 13.8 Å². The van der Waals surface area contributed by atoms with Gasteiger partial charge in [-0.1, -0.05) is 0 Å². The zero-order chi connectivity index (χ0) is 10.3. The molecule has 0 aliphatic heterocycles. The molecule has 0 amide bonds. The molecule has 0 radical (unpaired) electrons. The van der Waals surface area contributed by atoms with Crippen molar-refractivity contribution in [3.05, 3.63) is 27.3 Å². The molecule has 2 aromatic rings. The summed E-state index contributed by atoms with van der Waals surface area (Å²) in [4.78, 5) is 29.3. The van der Waals surface area contributed by atoms with Gasteiger partial charge in [0.05, 0.1) is 0 Å². The molecule has 14 heavy (non-hydrogen) atoms. The van der Waals surface area contributed by atoms with Crippen LogP contribution in [0.3, 0.4) is 0 Å². The minimum absolute atomic E-state index is 0.164. The van der Waals surface area contributed by atoms with Gasteiger partial charge in [-0.15, -0.1) is 9.61 Å². The summed E-state index contributed by atoms with van der Waals surface area (Å²) in [7, 11) is 0. The van der Waals surface area contributed by atoms with Crippen molar-refractivity contribution in [3.8, 4) is 0 Å². The van der Waals surface area contributed by atoms with E-state index in [4.69, 9.17) is 0 Å². The summed E-state index contributed by atoms with van der Waals surface area (Å²) in [5.74, 6) is 0.164. The van der Waals surface area contributed by atoms with Gasteiger partial charge in [0.1, 0.15) is 6.33 Å². The van der Waals surface area contributed by atoms with E-state index in [1.165, 1.54) is 6.33 Å². The molecule has 7 heteroatoms. The predicted octanol–water partition coefficient (Wildman–Crippen LogP) is -0.840. The van der Waals surface area contributed by atoms with Crippen molar-refractivity contribution < 1.29 is 0 Å². The monoisotopic (exact) mass is 195 g/mol. The van der Waals surface area contributed by atoms with Gasteiger partial charge >= 0.3 is 11.4 Å². The molecule has 2 aromatic heterocycles. The molecule has 0 saturated carbocycles. The maximum atomic E-state index is 11.7. The number of hydrogen-bond donors (Lipinski definition) is 1. The zero-order valence-electron chi connectivity index (χ0n) is 7.76. The minimum Gasteiger partial charge on any atom is -0.275 e. The van der Waals surface area contributed by atoms with Gasteiger partial charge in [0.25, 0.3) is 0 Å². The highest BCUT2D eigenvalue weighted by Crippen LogP contribution is 1.93. The Balaban J connectivity index is 2.97. The zero-order valence-corrected chi connectivity index (χ0v) is 7.76.